The minimum absolute atomic E-state index is 0.0256. The summed E-state index contributed by atoms with van der Waals surface area (Å²) in [5.41, 5.74) is 10.1. The van der Waals surface area contributed by atoms with Crippen molar-refractivity contribution in [2.24, 2.45) is 0 Å². The number of nitrogens with one attached hydrogen (secondary N) is 1. The van der Waals surface area contributed by atoms with Crippen molar-refractivity contribution in [3.63, 3.8) is 0 Å². The third-order valence-corrected chi connectivity index (χ3v) is 13.8. The molecule has 5 aromatic rings. The molecule has 9 rings (SSSR count). The standard InChI is InChI=1S/C57H58N4O6.C2H6/c1-7-59-45-31-23-37-15-9-11-19-43(37)53(45)56(3,4)47(59)33-25-39-17-13-18-40(26-34-48-57(5,6)54-44-20-12-10-16-38(44)24-32-46(54)60(48)8-2)55(39)66-42-29-27-41(28-30-42)58-49(62)21-14-22-52(65)67-61-50(63)35-36-51(61)64;1-2/h9-12,15-16,19-20,23-34H,7-8,13-14,17-18,21-22,35-36H2,1-6H3;1-2H3/p+1. The highest BCUT2D eigenvalue weighted by Crippen LogP contribution is 2.51. The summed E-state index contributed by atoms with van der Waals surface area (Å²) >= 11 is 0. The first-order valence-corrected chi connectivity index (χ1v) is 24.7. The molecule has 0 radical (unpaired) electrons. The third-order valence-electron chi connectivity index (χ3n) is 13.8. The molecular formula is C59H65N4O6+. The van der Waals surface area contributed by atoms with Crippen molar-refractivity contribution in [3.8, 4) is 5.75 Å². The molecule has 4 aliphatic rings. The van der Waals surface area contributed by atoms with Gasteiger partial charge in [0.1, 0.15) is 18.1 Å². The van der Waals surface area contributed by atoms with Crippen LogP contribution in [0.5, 0.6) is 5.75 Å². The number of allylic oxidation sites excluding steroid dienone is 7. The van der Waals surface area contributed by atoms with Gasteiger partial charge in [0, 0.05) is 72.4 Å². The zero-order valence-corrected chi connectivity index (χ0v) is 41.4. The first kappa shape index (κ1) is 48.4. The van der Waals surface area contributed by atoms with Gasteiger partial charge in [0.25, 0.3) is 11.8 Å². The van der Waals surface area contributed by atoms with Crippen molar-refractivity contribution in [1.29, 1.82) is 0 Å². The Morgan fingerprint density at radius 3 is 2.04 bits per heavy atom. The Labute approximate surface area is 406 Å². The van der Waals surface area contributed by atoms with Crippen molar-refractivity contribution < 1.29 is 33.3 Å². The van der Waals surface area contributed by atoms with E-state index in [1.54, 1.807) is 0 Å². The summed E-state index contributed by atoms with van der Waals surface area (Å²) < 4.78 is 9.41. The highest BCUT2D eigenvalue weighted by molar-refractivity contribution is 6.08. The monoisotopic (exact) mass is 925 g/mol. The average Bonchev–Trinajstić information content (AvgIpc) is 3.88. The largest absolute Gasteiger partial charge is 0.457 e. The molecule has 3 amide bonds. The molecule has 0 aromatic heterocycles. The smallest absolute Gasteiger partial charge is 0.333 e. The zero-order chi connectivity index (χ0) is 49.0. The van der Waals surface area contributed by atoms with E-state index in [1.165, 1.54) is 55.5 Å². The van der Waals surface area contributed by atoms with Crippen LogP contribution in [0.1, 0.15) is 118 Å². The number of hydrogen-bond donors (Lipinski definition) is 1. The summed E-state index contributed by atoms with van der Waals surface area (Å²) in [5, 5.41) is 8.49. The van der Waals surface area contributed by atoms with Gasteiger partial charge in [-0.15, -0.1) is 5.06 Å². The van der Waals surface area contributed by atoms with Crippen molar-refractivity contribution >= 4 is 68.0 Å². The second-order valence-electron chi connectivity index (χ2n) is 18.8. The lowest BCUT2D eigenvalue weighted by Crippen LogP contribution is -2.32. The van der Waals surface area contributed by atoms with Gasteiger partial charge in [0.15, 0.2) is 5.71 Å². The van der Waals surface area contributed by atoms with Crippen molar-refractivity contribution in [3.05, 3.63) is 155 Å². The van der Waals surface area contributed by atoms with Crippen LogP contribution in [0.3, 0.4) is 0 Å². The number of hydroxylamine groups is 2. The van der Waals surface area contributed by atoms with E-state index in [-0.39, 0.29) is 48.8 Å². The molecule has 3 aliphatic heterocycles. The quantitative estimate of drug-likeness (QED) is 0.0925. The van der Waals surface area contributed by atoms with E-state index in [0.717, 1.165) is 49.3 Å². The SMILES string of the molecule is CC.CCN1/C(=C/C=C2\CCCC(/C=C/C3=[N+](CC)c4ccc5ccccc5c4C3(C)C)=C2Oc2ccc(NC(=O)CCCC(=O)ON3C(=O)CCC3=O)cc2)C(C)(C)c2c1ccc1ccccc21. The molecule has 5 aromatic carbocycles. The summed E-state index contributed by atoms with van der Waals surface area (Å²) in [6, 6.07) is 33.7. The number of nitrogens with zero attached hydrogens (tertiary/aromatic N) is 3. The van der Waals surface area contributed by atoms with Crippen LogP contribution in [-0.4, -0.2) is 52.1 Å². The first-order chi connectivity index (χ1) is 33.3. The van der Waals surface area contributed by atoms with Crippen molar-refractivity contribution in [1.82, 2.24) is 5.06 Å². The Morgan fingerprint density at radius 2 is 1.38 bits per heavy atom. The third kappa shape index (κ3) is 9.41. The number of rotatable bonds is 13. The van der Waals surface area contributed by atoms with E-state index in [0.29, 0.717) is 16.5 Å². The van der Waals surface area contributed by atoms with Crippen LogP contribution >= 0.6 is 0 Å². The maximum Gasteiger partial charge on any atom is 0.333 e. The lowest BCUT2D eigenvalue weighted by molar-refractivity contribution is -0.433. The summed E-state index contributed by atoms with van der Waals surface area (Å²) in [6.07, 6.45) is 12.0. The summed E-state index contributed by atoms with van der Waals surface area (Å²) in [4.78, 5) is 56.1. The lowest BCUT2D eigenvalue weighted by Gasteiger charge is -2.27. The van der Waals surface area contributed by atoms with Gasteiger partial charge in [-0.05, 0) is 140 Å². The Hall–Kier alpha value is -7.07. The number of carbonyl (C=O) groups excluding carboxylic acids is 4. The fourth-order valence-corrected chi connectivity index (χ4v) is 10.6. The number of likely N-dealkylation sites (N-methyl/N-ethyl adjacent to an activating group) is 1. The molecule has 0 saturated carbocycles. The molecule has 0 unspecified atom stereocenters. The van der Waals surface area contributed by atoms with Gasteiger partial charge in [-0.2, -0.15) is 4.58 Å². The predicted molar refractivity (Wildman–Crippen MR) is 277 cm³/mol. The number of carbonyl (C=O) groups is 4. The van der Waals surface area contributed by atoms with E-state index in [2.05, 4.69) is 153 Å². The summed E-state index contributed by atoms with van der Waals surface area (Å²) in [7, 11) is 0. The predicted octanol–water partition coefficient (Wildman–Crippen LogP) is 12.8. The summed E-state index contributed by atoms with van der Waals surface area (Å²) in [6.45, 7) is 19.4. The number of amides is 3. The molecule has 1 fully saturated rings. The van der Waals surface area contributed by atoms with E-state index < -0.39 is 17.8 Å². The van der Waals surface area contributed by atoms with Crippen LogP contribution < -0.4 is 15.0 Å². The van der Waals surface area contributed by atoms with Gasteiger partial charge < -0.3 is 19.8 Å². The van der Waals surface area contributed by atoms with E-state index in [9.17, 15) is 19.2 Å². The molecular weight excluding hydrogens is 861 g/mol. The second kappa shape index (κ2) is 20.3. The minimum Gasteiger partial charge on any atom is -0.457 e. The van der Waals surface area contributed by atoms with Crippen LogP contribution in [0.2, 0.25) is 0 Å². The average molecular weight is 926 g/mol. The molecule has 69 heavy (non-hydrogen) atoms. The van der Waals surface area contributed by atoms with E-state index >= 15 is 0 Å². The van der Waals surface area contributed by atoms with Crippen LogP contribution in [-0.2, 0) is 34.8 Å². The topological polar surface area (TPSA) is 108 Å². The Kier molecular flexibility index (Phi) is 14.2. The van der Waals surface area contributed by atoms with Crippen LogP contribution in [0.4, 0.5) is 17.1 Å². The first-order valence-electron chi connectivity index (χ1n) is 24.7. The molecule has 0 spiro atoms. The minimum atomic E-state index is -0.728. The fraction of sp³-hybridized carbons (Fsp3) is 0.339. The van der Waals surface area contributed by atoms with Crippen LogP contribution in [0.25, 0.3) is 21.5 Å². The highest BCUT2D eigenvalue weighted by atomic mass is 16.7. The van der Waals surface area contributed by atoms with Crippen molar-refractivity contribution in [2.75, 3.05) is 23.3 Å². The Bertz CT molecular complexity index is 2990. The number of imide groups is 1. The number of ether oxygens (including phenoxy) is 1. The maximum absolute atomic E-state index is 12.9. The van der Waals surface area contributed by atoms with Crippen molar-refractivity contribution in [2.45, 2.75) is 118 Å². The van der Waals surface area contributed by atoms with Gasteiger partial charge in [-0.3, -0.25) is 14.4 Å². The zero-order valence-electron chi connectivity index (χ0n) is 41.4. The molecule has 0 bridgehead atoms. The van der Waals surface area contributed by atoms with Crippen LogP contribution in [0, 0.1) is 0 Å². The molecule has 0 atom stereocenters. The van der Waals surface area contributed by atoms with Gasteiger partial charge in [0.2, 0.25) is 11.6 Å². The number of benzene rings is 5. The van der Waals surface area contributed by atoms with Gasteiger partial charge >= 0.3 is 5.97 Å². The number of fused-ring (bicyclic) bond motifs is 6. The summed E-state index contributed by atoms with van der Waals surface area (Å²) in [5.74, 6) is -0.587. The normalized spacial score (nSPS) is 18.4. The second-order valence-corrected chi connectivity index (χ2v) is 18.8. The lowest BCUT2D eigenvalue weighted by atomic mass is 9.78. The number of anilines is 2. The van der Waals surface area contributed by atoms with Gasteiger partial charge in [-0.1, -0.05) is 88.4 Å². The van der Waals surface area contributed by atoms with E-state index in [1.807, 2.05) is 38.1 Å². The number of hydrogen-bond acceptors (Lipinski definition) is 7. The molecule has 356 valence electrons. The maximum atomic E-state index is 12.9. The fourth-order valence-electron chi connectivity index (χ4n) is 10.6. The van der Waals surface area contributed by atoms with E-state index in [4.69, 9.17) is 9.57 Å². The van der Waals surface area contributed by atoms with Gasteiger partial charge in [-0.25, -0.2) is 4.79 Å². The van der Waals surface area contributed by atoms with Gasteiger partial charge in [0.05, 0.1) is 5.41 Å². The highest BCUT2D eigenvalue weighted by Gasteiger charge is 2.45. The molecule has 1 N–H and O–H groups in total. The Balaban J connectivity index is 0.00000317. The molecule has 3 heterocycles. The molecule has 1 aliphatic carbocycles. The molecule has 1 saturated heterocycles. The van der Waals surface area contributed by atoms with Crippen LogP contribution in [0.15, 0.2) is 144 Å². The molecule has 10 nitrogen and oxygen atoms in total. The Morgan fingerprint density at radius 1 is 0.725 bits per heavy atom. The molecule has 10 heteroatoms.